The van der Waals surface area contributed by atoms with Gasteiger partial charge >= 0.3 is 0 Å². The Morgan fingerprint density at radius 1 is 1.56 bits per heavy atom. The second kappa shape index (κ2) is 5.58. The highest BCUT2D eigenvalue weighted by Crippen LogP contribution is 2.31. The number of hydrogen-bond acceptors (Lipinski definition) is 4. The molecule has 1 aromatic heterocycles. The summed E-state index contributed by atoms with van der Waals surface area (Å²) in [5.41, 5.74) is 0. The Bertz CT molecular complexity index is 515. The zero-order chi connectivity index (χ0) is 13.3. The molecule has 0 amide bonds. The largest absolute Gasteiger partial charge is 0.305 e. The highest BCUT2D eigenvalue weighted by molar-refractivity contribution is 9.10. The summed E-state index contributed by atoms with van der Waals surface area (Å²) >= 11 is 4.56. The highest BCUT2D eigenvalue weighted by Gasteiger charge is 2.32. The lowest BCUT2D eigenvalue weighted by molar-refractivity contribution is 0.188. The second-order valence-electron chi connectivity index (χ2n) is 4.64. The first-order valence-electron chi connectivity index (χ1n) is 5.82. The van der Waals surface area contributed by atoms with Crippen LogP contribution in [-0.4, -0.2) is 50.8 Å². The molecule has 0 aliphatic carbocycles. The minimum atomic E-state index is -3.37. The number of rotatable bonds is 3. The number of piperidine rings is 1. The molecule has 2 heterocycles. The Labute approximate surface area is 121 Å². The molecular weight excluding hydrogens is 336 g/mol. The van der Waals surface area contributed by atoms with Crippen LogP contribution >= 0.6 is 27.3 Å². The molecule has 1 aliphatic rings. The van der Waals surface area contributed by atoms with Crippen molar-refractivity contribution in [2.45, 2.75) is 23.1 Å². The van der Waals surface area contributed by atoms with E-state index in [1.54, 1.807) is 18.5 Å². The molecule has 4 nitrogen and oxygen atoms in total. The van der Waals surface area contributed by atoms with Gasteiger partial charge in [-0.1, -0.05) is 0 Å². The van der Waals surface area contributed by atoms with E-state index >= 15 is 0 Å². The lowest BCUT2D eigenvalue weighted by Gasteiger charge is -2.34. The molecule has 18 heavy (non-hydrogen) atoms. The average Bonchev–Trinajstić information content (AvgIpc) is 2.75. The molecule has 102 valence electrons. The van der Waals surface area contributed by atoms with Gasteiger partial charge in [-0.05, 0) is 53.8 Å². The molecule has 1 fully saturated rings. The van der Waals surface area contributed by atoms with E-state index in [9.17, 15) is 8.42 Å². The van der Waals surface area contributed by atoms with Gasteiger partial charge in [0.25, 0.3) is 10.0 Å². The molecule has 0 N–H and O–H groups in total. The fraction of sp³-hybridized carbons (Fsp3) is 0.636. The summed E-state index contributed by atoms with van der Waals surface area (Å²) in [5.74, 6) is 0. The van der Waals surface area contributed by atoms with Gasteiger partial charge in [-0.2, -0.15) is 4.31 Å². The first kappa shape index (κ1) is 14.5. The van der Waals surface area contributed by atoms with E-state index in [-0.39, 0.29) is 6.04 Å². The third-order valence-corrected chi connectivity index (χ3v) is 7.87. The number of thiophene rings is 1. The monoisotopic (exact) mass is 352 g/mol. The van der Waals surface area contributed by atoms with Crippen molar-refractivity contribution in [3.63, 3.8) is 0 Å². The van der Waals surface area contributed by atoms with Gasteiger partial charge in [-0.3, -0.25) is 0 Å². The van der Waals surface area contributed by atoms with Crippen molar-refractivity contribution in [3.05, 3.63) is 15.9 Å². The van der Waals surface area contributed by atoms with Gasteiger partial charge in [-0.25, -0.2) is 8.42 Å². The molecule has 1 aliphatic heterocycles. The fourth-order valence-electron chi connectivity index (χ4n) is 2.23. The maximum Gasteiger partial charge on any atom is 0.253 e. The molecule has 0 saturated carbocycles. The molecule has 2 rings (SSSR count). The van der Waals surface area contributed by atoms with Crippen LogP contribution in [0.2, 0.25) is 0 Å². The lowest BCUT2D eigenvalue weighted by Crippen LogP contribution is -2.47. The maximum absolute atomic E-state index is 12.5. The Hall–Kier alpha value is 0.0500. The maximum atomic E-state index is 12.5. The van der Waals surface area contributed by atoms with Crippen molar-refractivity contribution in [3.8, 4) is 0 Å². The van der Waals surface area contributed by atoms with Crippen molar-refractivity contribution < 1.29 is 8.42 Å². The van der Waals surface area contributed by atoms with Crippen molar-refractivity contribution in [2.75, 3.05) is 27.2 Å². The van der Waals surface area contributed by atoms with E-state index in [1.807, 2.05) is 7.05 Å². The third kappa shape index (κ3) is 2.80. The quantitative estimate of drug-likeness (QED) is 0.837. The van der Waals surface area contributed by atoms with Gasteiger partial charge < -0.3 is 4.90 Å². The van der Waals surface area contributed by atoms with Crippen LogP contribution in [0.25, 0.3) is 0 Å². The Morgan fingerprint density at radius 3 is 2.83 bits per heavy atom. The van der Waals surface area contributed by atoms with E-state index in [1.165, 1.54) is 15.6 Å². The molecule has 0 bridgehead atoms. The first-order valence-corrected chi connectivity index (χ1v) is 8.94. The molecule has 1 saturated heterocycles. The number of nitrogens with zero attached hydrogens (tertiary/aromatic N) is 2. The Kier molecular flexibility index (Phi) is 4.48. The molecule has 0 spiro atoms. The SMILES string of the molecule is CN1CCCC(N(C)S(=O)(=O)c2sccc2Br)C1. The molecule has 0 radical (unpaired) electrons. The number of likely N-dealkylation sites (tertiary alicyclic amines) is 1. The molecule has 1 aromatic rings. The minimum Gasteiger partial charge on any atom is -0.305 e. The van der Waals surface area contributed by atoms with Crippen molar-refractivity contribution in [1.29, 1.82) is 0 Å². The summed E-state index contributed by atoms with van der Waals surface area (Å²) in [5, 5.41) is 1.79. The molecule has 0 aromatic carbocycles. The molecular formula is C11H17BrN2O2S2. The number of hydrogen-bond donors (Lipinski definition) is 0. The molecule has 7 heteroatoms. The van der Waals surface area contributed by atoms with Crippen LogP contribution in [0.1, 0.15) is 12.8 Å². The predicted molar refractivity (Wildman–Crippen MR) is 77.5 cm³/mol. The van der Waals surface area contributed by atoms with Gasteiger partial charge in [0.1, 0.15) is 4.21 Å². The third-order valence-electron chi connectivity index (χ3n) is 3.31. The molecule has 1 atom stereocenters. The lowest BCUT2D eigenvalue weighted by atomic mass is 10.1. The Balaban J connectivity index is 2.22. The predicted octanol–water partition coefficient (Wildman–Crippen LogP) is 2.23. The van der Waals surface area contributed by atoms with E-state index in [0.717, 1.165) is 25.9 Å². The summed E-state index contributed by atoms with van der Waals surface area (Å²) in [6, 6.07) is 1.85. The van der Waals surface area contributed by atoms with Crippen molar-refractivity contribution >= 4 is 37.3 Å². The zero-order valence-corrected chi connectivity index (χ0v) is 13.7. The first-order chi connectivity index (χ1) is 8.43. The van der Waals surface area contributed by atoms with Crippen LogP contribution in [0.3, 0.4) is 0 Å². The number of sulfonamides is 1. The molecule has 1 unspecified atom stereocenters. The van der Waals surface area contributed by atoms with Crippen LogP contribution in [0.15, 0.2) is 20.1 Å². The van der Waals surface area contributed by atoms with E-state index < -0.39 is 10.0 Å². The van der Waals surface area contributed by atoms with Crippen LogP contribution in [0.5, 0.6) is 0 Å². The second-order valence-corrected chi connectivity index (χ2v) is 8.60. The van der Waals surface area contributed by atoms with Crippen molar-refractivity contribution in [1.82, 2.24) is 9.21 Å². The summed E-state index contributed by atoms with van der Waals surface area (Å²) in [4.78, 5) is 2.18. The van der Waals surface area contributed by atoms with E-state index in [2.05, 4.69) is 20.8 Å². The summed E-state index contributed by atoms with van der Waals surface area (Å²) in [6.45, 7) is 1.85. The summed E-state index contributed by atoms with van der Waals surface area (Å²) in [7, 11) is 0.350. The Morgan fingerprint density at radius 2 is 2.28 bits per heavy atom. The number of halogens is 1. The smallest absolute Gasteiger partial charge is 0.253 e. The van der Waals surface area contributed by atoms with Crippen LogP contribution in [0.4, 0.5) is 0 Å². The van der Waals surface area contributed by atoms with E-state index in [4.69, 9.17) is 0 Å². The summed E-state index contributed by atoms with van der Waals surface area (Å²) in [6.07, 6.45) is 1.98. The van der Waals surface area contributed by atoms with Crippen LogP contribution in [-0.2, 0) is 10.0 Å². The van der Waals surface area contributed by atoms with Gasteiger partial charge in [0, 0.05) is 24.1 Å². The topological polar surface area (TPSA) is 40.6 Å². The summed E-state index contributed by atoms with van der Waals surface area (Å²) < 4.78 is 27.6. The van der Waals surface area contributed by atoms with Crippen molar-refractivity contribution in [2.24, 2.45) is 0 Å². The zero-order valence-electron chi connectivity index (χ0n) is 10.5. The van der Waals surface area contributed by atoms with Crippen LogP contribution < -0.4 is 0 Å². The number of likely N-dealkylation sites (N-methyl/N-ethyl adjacent to an activating group) is 2. The average molecular weight is 353 g/mol. The van der Waals surface area contributed by atoms with Crippen LogP contribution in [0, 0.1) is 0 Å². The van der Waals surface area contributed by atoms with Gasteiger partial charge in [0.05, 0.1) is 0 Å². The minimum absolute atomic E-state index is 0.0720. The normalized spacial score (nSPS) is 22.6. The standard InChI is InChI=1S/C11H17BrN2O2S2/c1-13-6-3-4-9(8-13)14(2)18(15,16)11-10(12)5-7-17-11/h5,7,9H,3-4,6,8H2,1-2H3. The fourth-order valence-corrected chi connectivity index (χ4v) is 6.08. The van der Waals surface area contributed by atoms with E-state index in [0.29, 0.717) is 8.68 Å². The van der Waals surface area contributed by atoms with Gasteiger partial charge in [-0.15, -0.1) is 11.3 Å². The van der Waals surface area contributed by atoms with Gasteiger partial charge in [0.2, 0.25) is 0 Å². The van der Waals surface area contributed by atoms with Gasteiger partial charge in [0.15, 0.2) is 0 Å². The highest BCUT2D eigenvalue weighted by atomic mass is 79.9.